The predicted octanol–water partition coefficient (Wildman–Crippen LogP) is 8.89. The van der Waals surface area contributed by atoms with Crippen molar-refractivity contribution in [1.29, 1.82) is 0 Å². The van der Waals surface area contributed by atoms with Crippen molar-refractivity contribution in [2.45, 2.75) is 94.4 Å². The quantitative estimate of drug-likeness (QED) is 0.0636. The molecule has 2 saturated heterocycles. The van der Waals surface area contributed by atoms with Crippen LogP contribution in [-0.4, -0.2) is 81.4 Å². The Morgan fingerprint density at radius 3 is 1.08 bits per heavy atom. The number of halogens is 2. The Morgan fingerprint density at radius 2 is 0.705 bits per heavy atom. The summed E-state index contributed by atoms with van der Waals surface area (Å²) in [7, 11) is 0. The van der Waals surface area contributed by atoms with Gasteiger partial charge in [0.25, 0.3) is 0 Å². The molecule has 7 rings (SSSR count). The maximum Gasteiger partial charge on any atom is 0.187 e. The third-order valence-electron chi connectivity index (χ3n) is 10.6. The molecule has 10 atom stereocenters. The van der Waals surface area contributed by atoms with E-state index in [0.717, 1.165) is 27.8 Å². The molecule has 0 bridgehead atoms. The van der Waals surface area contributed by atoms with E-state index in [0.29, 0.717) is 0 Å². The van der Waals surface area contributed by atoms with Crippen molar-refractivity contribution in [1.82, 2.24) is 0 Å². The van der Waals surface area contributed by atoms with Crippen molar-refractivity contribution in [3.05, 3.63) is 192 Å². The first-order valence-electron chi connectivity index (χ1n) is 20.7. The lowest BCUT2D eigenvalue weighted by Crippen LogP contribution is -2.66. The van der Waals surface area contributed by atoms with Crippen molar-refractivity contribution in [2.24, 2.45) is 0 Å². The van der Waals surface area contributed by atoms with Crippen LogP contribution in [0.15, 0.2) is 164 Å². The summed E-state index contributed by atoms with van der Waals surface area (Å²) >= 11 is 0. The molecule has 0 amide bonds. The molecular weight excluding hydrogens is 783 g/mol. The van der Waals surface area contributed by atoms with Crippen molar-refractivity contribution in [2.75, 3.05) is 20.0 Å². The first kappa shape index (κ1) is 44.4. The lowest BCUT2D eigenvalue weighted by Gasteiger charge is -2.49. The van der Waals surface area contributed by atoms with E-state index in [-0.39, 0.29) is 39.6 Å². The molecule has 11 heteroatoms. The molecule has 2 aliphatic heterocycles. The smallest absolute Gasteiger partial charge is 0.187 e. The normalized spacial score (nSPS) is 26.5. The van der Waals surface area contributed by atoms with E-state index in [1.54, 1.807) is 6.08 Å². The molecule has 0 aliphatic carbocycles. The fraction of sp³-hybridized carbons (Fsp3) is 0.360. The van der Waals surface area contributed by atoms with E-state index >= 15 is 8.78 Å². The van der Waals surface area contributed by atoms with Crippen LogP contribution in [0, 0.1) is 0 Å². The second kappa shape index (κ2) is 23.5. The Balaban J connectivity index is 1.25. The summed E-state index contributed by atoms with van der Waals surface area (Å²) in [5, 5.41) is 0. The highest BCUT2D eigenvalue weighted by atomic mass is 19.1. The van der Waals surface area contributed by atoms with E-state index in [1.165, 1.54) is 0 Å². The number of hydrogen-bond acceptors (Lipinski definition) is 9. The van der Waals surface area contributed by atoms with Gasteiger partial charge < -0.3 is 42.6 Å². The third kappa shape index (κ3) is 12.5. The van der Waals surface area contributed by atoms with E-state index in [1.807, 2.05) is 152 Å². The first-order chi connectivity index (χ1) is 30.1. The Bertz CT molecular complexity index is 1960. The molecule has 2 aliphatic rings. The van der Waals surface area contributed by atoms with Crippen LogP contribution in [0.3, 0.4) is 0 Å². The molecule has 2 heterocycles. The fourth-order valence-electron chi connectivity index (χ4n) is 7.50. The summed E-state index contributed by atoms with van der Waals surface area (Å²) in [5.41, 5.74) is 4.43. The molecule has 5 aromatic carbocycles. The minimum absolute atomic E-state index is 0.107. The molecule has 9 nitrogen and oxygen atoms in total. The Kier molecular flexibility index (Phi) is 17.1. The molecule has 0 N–H and O–H groups in total. The summed E-state index contributed by atoms with van der Waals surface area (Å²) in [4.78, 5) is 0. The summed E-state index contributed by atoms with van der Waals surface area (Å²) in [6.07, 6.45) is -9.09. The van der Waals surface area contributed by atoms with Crippen molar-refractivity contribution < 1.29 is 51.4 Å². The SMILES string of the molecule is C=CCOC1O[C@H](CF)[C@@H](O[C@@H]2O[C@H](CF)[C@@H](OCc3ccccc3)[C@H](OCc3ccccc3)[C@H]2OCc2ccccc2)[C@H](OCc2ccccc2)[C@H]1OCc1ccccc1. The average Bonchev–Trinajstić information content (AvgIpc) is 3.32. The molecule has 0 spiro atoms. The van der Waals surface area contributed by atoms with Crippen LogP contribution in [0.5, 0.6) is 0 Å². The topological polar surface area (TPSA) is 83.1 Å². The van der Waals surface area contributed by atoms with Crippen molar-refractivity contribution in [3.63, 3.8) is 0 Å². The van der Waals surface area contributed by atoms with E-state index in [9.17, 15) is 0 Å². The van der Waals surface area contributed by atoms with Crippen LogP contribution in [0.2, 0.25) is 0 Å². The maximum atomic E-state index is 15.5. The van der Waals surface area contributed by atoms with Gasteiger partial charge in [0.05, 0.1) is 39.6 Å². The number of ether oxygens (including phenoxy) is 9. The number of alkyl halides is 2. The van der Waals surface area contributed by atoms with Gasteiger partial charge in [-0.05, 0) is 27.8 Å². The van der Waals surface area contributed by atoms with Crippen LogP contribution in [0.25, 0.3) is 0 Å². The molecule has 1 unspecified atom stereocenters. The third-order valence-corrected chi connectivity index (χ3v) is 10.6. The number of hydrogen-bond donors (Lipinski definition) is 0. The highest BCUT2D eigenvalue weighted by Crippen LogP contribution is 2.37. The molecule has 322 valence electrons. The zero-order valence-corrected chi connectivity index (χ0v) is 34.1. The van der Waals surface area contributed by atoms with Crippen LogP contribution in [-0.2, 0) is 75.7 Å². The van der Waals surface area contributed by atoms with Crippen LogP contribution in [0.4, 0.5) is 8.78 Å². The monoisotopic (exact) mass is 836 g/mol. The maximum absolute atomic E-state index is 15.5. The molecule has 61 heavy (non-hydrogen) atoms. The second-order valence-electron chi connectivity index (χ2n) is 14.9. The van der Waals surface area contributed by atoms with Crippen molar-refractivity contribution >= 4 is 0 Å². The molecule has 0 radical (unpaired) electrons. The van der Waals surface area contributed by atoms with Crippen LogP contribution >= 0.6 is 0 Å². The minimum Gasteiger partial charge on any atom is -0.368 e. The summed E-state index contributed by atoms with van der Waals surface area (Å²) in [6.45, 7) is 2.76. The Hall–Kier alpha value is -4.66. The summed E-state index contributed by atoms with van der Waals surface area (Å²) in [5.74, 6) is 0. The number of rotatable bonds is 22. The van der Waals surface area contributed by atoms with Crippen LogP contribution in [0.1, 0.15) is 27.8 Å². The van der Waals surface area contributed by atoms with Gasteiger partial charge in [-0.15, -0.1) is 6.58 Å². The Labute approximate surface area is 357 Å². The average molecular weight is 837 g/mol. The van der Waals surface area contributed by atoms with Crippen molar-refractivity contribution in [3.8, 4) is 0 Å². The lowest BCUT2D eigenvalue weighted by molar-refractivity contribution is -0.373. The van der Waals surface area contributed by atoms with Gasteiger partial charge in [0, 0.05) is 0 Å². The first-order valence-corrected chi connectivity index (χ1v) is 20.7. The van der Waals surface area contributed by atoms with Gasteiger partial charge in [0.2, 0.25) is 0 Å². The largest absolute Gasteiger partial charge is 0.368 e. The predicted molar refractivity (Wildman–Crippen MR) is 225 cm³/mol. The zero-order valence-electron chi connectivity index (χ0n) is 34.1. The van der Waals surface area contributed by atoms with Gasteiger partial charge in [-0.25, -0.2) is 8.78 Å². The van der Waals surface area contributed by atoms with Gasteiger partial charge in [0.1, 0.15) is 62.2 Å². The molecule has 0 saturated carbocycles. The van der Waals surface area contributed by atoms with Gasteiger partial charge in [-0.2, -0.15) is 0 Å². The van der Waals surface area contributed by atoms with Crippen LogP contribution < -0.4 is 0 Å². The van der Waals surface area contributed by atoms with E-state index in [4.69, 9.17) is 42.6 Å². The zero-order chi connectivity index (χ0) is 42.1. The Morgan fingerprint density at radius 1 is 0.393 bits per heavy atom. The van der Waals surface area contributed by atoms with E-state index < -0.39 is 74.8 Å². The minimum atomic E-state index is -1.31. The highest BCUT2D eigenvalue weighted by Gasteiger charge is 2.54. The molecule has 5 aromatic rings. The summed E-state index contributed by atoms with van der Waals surface area (Å²) in [6, 6.07) is 48.1. The molecular formula is C50H54F2O9. The lowest BCUT2D eigenvalue weighted by atomic mass is 9.96. The van der Waals surface area contributed by atoms with Gasteiger partial charge in [-0.1, -0.05) is 158 Å². The van der Waals surface area contributed by atoms with E-state index in [2.05, 4.69) is 6.58 Å². The van der Waals surface area contributed by atoms with Gasteiger partial charge in [0.15, 0.2) is 12.6 Å². The number of benzene rings is 5. The highest BCUT2D eigenvalue weighted by molar-refractivity contribution is 5.17. The van der Waals surface area contributed by atoms with Gasteiger partial charge >= 0.3 is 0 Å². The van der Waals surface area contributed by atoms with Gasteiger partial charge in [-0.3, -0.25) is 0 Å². The summed E-state index contributed by atoms with van der Waals surface area (Å²) < 4.78 is 90.0. The standard InChI is InChI=1S/C50H54F2O9/c1-2-28-53-49-47(57-34-39-24-14-6-15-25-39)46(56-33-38-22-12-5-13-23-38)44(42(30-52)59-49)61-50-48(58-35-40-26-16-7-17-27-40)45(55-32-37-20-10-4-11-21-37)43(41(29-51)60-50)54-31-36-18-8-3-9-19-36/h2-27,41-50H,1,28-35H2/t41-,42-,43-,44-,45+,46+,47-,48-,49?,50+/m1/s1. The fourth-order valence-corrected chi connectivity index (χ4v) is 7.50. The molecule has 2 fully saturated rings. The second-order valence-corrected chi connectivity index (χ2v) is 14.9. The molecule has 0 aromatic heterocycles.